The molecule has 0 fully saturated rings. The molecule has 0 saturated carbocycles. The van der Waals surface area contributed by atoms with Gasteiger partial charge in [-0.3, -0.25) is 4.79 Å². The average Bonchev–Trinajstić information content (AvgIpc) is 2.12. The van der Waals surface area contributed by atoms with E-state index in [9.17, 15) is 4.79 Å². The van der Waals surface area contributed by atoms with Crippen LogP contribution in [0.25, 0.3) is 0 Å². The van der Waals surface area contributed by atoms with Gasteiger partial charge in [-0.1, -0.05) is 6.92 Å². The Labute approximate surface area is 91.2 Å². The molecule has 0 saturated heterocycles. The summed E-state index contributed by atoms with van der Waals surface area (Å²) in [4.78, 5) is 11.3. The van der Waals surface area contributed by atoms with Gasteiger partial charge in [0.2, 0.25) is 5.91 Å². The van der Waals surface area contributed by atoms with Gasteiger partial charge in [0.15, 0.2) is 0 Å². The van der Waals surface area contributed by atoms with E-state index in [1.165, 1.54) is 0 Å². The van der Waals surface area contributed by atoms with Crippen molar-refractivity contribution >= 4 is 17.7 Å². The number of hydrogen-bond donors (Lipinski definition) is 2. The molecule has 1 amide bonds. The molecule has 0 rings (SSSR count). The Balaban J connectivity index is 3.43. The first-order valence-electron chi connectivity index (χ1n) is 5.07. The molecular formula is C10H22N2OS. The predicted molar refractivity (Wildman–Crippen MR) is 63.4 cm³/mol. The zero-order valence-corrected chi connectivity index (χ0v) is 10.2. The number of carbonyl (C=O) groups excluding carboxylic acids is 1. The third-order valence-corrected chi connectivity index (χ3v) is 2.83. The van der Waals surface area contributed by atoms with Crippen molar-refractivity contribution in [2.45, 2.75) is 32.7 Å². The van der Waals surface area contributed by atoms with E-state index in [-0.39, 0.29) is 11.9 Å². The molecular weight excluding hydrogens is 196 g/mol. The van der Waals surface area contributed by atoms with Crippen LogP contribution in [0.3, 0.4) is 0 Å². The van der Waals surface area contributed by atoms with Crippen molar-refractivity contribution in [3.05, 3.63) is 0 Å². The minimum atomic E-state index is 0.115. The minimum absolute atomic E-state index is 0.115. The fourth-order valence-corrected chi connectivity index (χ4v) is 1.77. The van der Waals surface area contributed by atoms with Crippen molar-refractivity contribution in [1.29, 1.82) is 0 Å². The highest BCUT2D eigenvalue weighted by atomic mass is 32.2. The van der Waals surface area contributed by atoms with Crippen LogP contribution in [0.1, 0.15) is 26.7 Å². The van der Waals surface area contributed by atoms with Crippen LogP contribution in [0, 0.1) is 5.92 Å². The summed E-state index contributed by atoms with van der Waals surface area (Å²) in [6.07, 6.45) is 3.39. The standard InChI is InChI=1S/C10H22N2OS/c1-8(7-14-3)6-12-10(13)5-4-9(2)11/h8-9H,4-7,11H2,1-3H3,(H,12,13). The summed E-state index contributed by atoms with van der Waals surface area (Å²) in [6.45, 7) is 4.84. The lowest BCUT2D eigenvalue weighted by atomic mass is 10.2. The number of rotatable bonds is 7. The largest absolute Gasteiger partial charge is 0.356 e. The maximum absolute atomic E-state index is 11.3. The SMILES string of the molecule is CSCC(C)CNC(=O)CCC(C)N. The summed E-state index contributed by atoms with van der Waals surface area (Å²) in [7, 11) is 0. The van der Waals surface area contributed by atoms with Crippen molar-refractivity contribution in [2.24, 2.45) is 11.7 Å². The smallest absolute Gasteiger partial charge is 0.220 e. The second kappa shape index (κ2) is 8.12. The second-order valence-electron chi connectivity index (χ2n) is 3.88. The molecule has 0 aliphatic heterocycles. The fraction of sp³-hybridized carbons (Fsp3) is 0.900. The summed E-state index contributed by atoms with van der Waals surface area (Å²) in [5, 5.41) is 2.91. The molecule has 14 heavy (non-hydrogen) atoms. The molecule has 0 aromatic heterocycles. The van der Waals surface area contributed by atoms with Gasteiger partial charge in [-0.05, 0) is 31.3 Å². The van der Waals surface area contributed by atoms with E-state index in [0.717, 1.165) is 18.7 Å². The summed E-state index contributed by atoms with van der Waals surface area (Å²) >= 11 is 1.81. The molecule has 3 N–H and O–H groups in total. The van der Waals surface area contributed by atoms with E-state index in [4.69, 9.17) is 5.73 Å². The van der Waals surface area contributed by atoms with E-state index in [1.54, 1.807) is 0 Å². The van der Waals surface area contributed by atoms with Crippen molar-refractivity contribution in [2.75, 3.05) is 18.6 Å². The van der Waals surface area contributed by atoms with Crippen LogP contribution in [0.4, 0.5) is 0 Å². The highest BCUT2D eigenvalue weighted by Gasteiger charge is 2.05. The number of nitrogens with two attached hydrogens (primary N) is 1. The van der Waals surface area contributed by atoms with E-state index in [0.29, 0.717) is 12.3 Å². The van der Waals surface area contributed by atoms with Crippen LogP contribution < -0.4 is 11.1 Å². The molecule has 0 heterocycles. The number of hydrogen-bond acceptors (Lipinski definition) is 3. The van der Waals surface area contributed by atoms with Gasteiger partial charge in [-0.15, -0.1) is 0 Å². The van der Waals surface area contributed by atoms with Crippen LogP contribution >= 0.6 is 11.8 Å². The molecule has 0 bridgehead atoms. The Morgan fingerprint density at radius 1 is 1.50 bits per heavy atom. The van der Waals surface area contributed by atoms with Gasteiger partial charge in [0.1, 0.15) is 0 Å². The normalized spacial score (nSPS) is 14.9. The number of carbonyl (C=O) groups is 1. The molecule has 0 aromatic rings. The van der Waals surface area contributed by atoms with Gasteiger partial charge in [0.25, 0.3) is 0 Å². The van der Waals surface area contributed by atoms with Gasteiger partial charge in [-0.2, -0.15) is 11.8 Å². The summed E-state index contributed by atoms with van der Waals surface area (Å²) in [5.74, 6) is 1.76. The molecule has 0 aromatic carbocycles. The lowest BCUT2D eigenvalue weighted by Crippen LogP contribution is -2.30. The van der Waals surface area contributed by atoms with Crippen LogP contribution in [-0.2, 0) is 4.79 Å². The van der Waals surface area contributed by atoms with Crippen molar-refractivity contribution in [3.8, 4) is 0 Å². The third-order valence-electron chi connectivity index (χ3n) is 1.93. The van der Waals surface area contributed by atoms with E-state index >= 15 is 0 Å². The quantitative estimate of drug-likeness (QED) is 0.676. The maximum atomic E-state index is 11.3. The number of amides is 1. The molecule has 4 heteroatoms. The van der Waals surface area contributed by atoms with E-state index in [2.05, 4.69) is 18.5 Å². The van der Waals surface area contributed by atoms with Gasteiger partial charge < -0.3 is 11.1 Å². The Hall–Kier alpha value is -0.220. The lowest BCUT2D eigenvalue weighted by Gasteiger charge is -2.11. The molecule has 84 valence electrons. The van der Waals surface area contributed by atoms with Gasteiger partial charge >= 0.3 is 0 Å². The van der Waals surface area contributed by atoms with Crippen molar-refractivity contribution in [1.82, 2.24) is 5.32 Å². The molecule has 2 unspecified atom stereocenters. The lowest BCUT2D eigenvalue weighted by molar-refractivity contribution is -0.121. The minimum Gasteiger partial charge on any atom is -0.356 e. The fourth-order valence-electron chi connectivity index (χ4n) is 1.08. The van der Waals surface area contributed by atoms with E-state index in [1.807, 2.05) is 18.7 Å². The first-order chi connectivity index (χ1) is 6.56. The van der Waals surface area contributed by atoms with Crippen LogP contribution in [0.2, 0.25) is 0 Å². The molecule has 0 spiro atoms. The van der Waals surface area contributed by atoms with Crippen LogP contribution in [-0.4, -0.2) is 30.5 Å². The molecule has 0 aliphatic carbocycles. The summed E-state index contributed by atoms with van der Waals surface area (Å²) in [5.41, 5.74) is 5.56. The highest BCUT2D eigenvalue weighted by Crippen LogP contribution is 2.02. The van der Waals surface area contributed by atoms with Crippen molar-refractivity contribution < 1.29 is 4.79 Å². The Morgan fingerprint density at radius 2 is 2.14 bits per heavy atom. The second-order valence-corrected chi connectivity index (χ2v) is 4.79. The topological polar surface area (TPSA) is 55.1 Å². The molecule has 0 aliphatic rings. The molecule has 3 nitrogen and oxygen atoms in total. The summed E-state index contributed by atoms with van der Waals surface area (Å²) < 4.78 is 0. The first kappa shape index (κ1) is 13.8. The monoisotopic (exact) mass is 218 g/mol. The number of nitrogens with one attached hydrogen (secondary N) is 1. The van der Waals surface area contributed by atoms with Gasteiger partial charge in [0, 0.05) is 19.0 Å². The molecule has 2 atom stereocenters. The van der Waals surface area contributed by atoms with Crippen LogP contribution in [0.5, 0.6) is 0 Å². The van der Waals surface area contributed by atoms with Gasteiger partial charge in [0.05, 0.1) is 0 Å². The third kappa shape index (κ3) is 8.38. The Bertz CT molecular complexity index is 162. The van der Waals surface area contributed by atoms with Crippen LogP contribution in [0.15, 0.2) is 0 Å². The highest BCUT2D eigenvalue weighted by molar-refractivity contribution is 7.98. The average molecular weight is 218 g/mol. The Morgan fingerprint density at radius 3 is 2.64 bits per heavy atom. The zero-order chi connectivity index (χ0) is 11.0. The summed E-state index contributed by atoms with van der Waals surface area (Å²) in [6, 6.07) is 0.115. The van der Waals surface area contributed by atoms with Crippen molar-refractivity contribution in [3.63, 3.8) is 0 Å². The Kier molecular flexibility index (Phi) is 7.99. The van der Waals surface area contributed by atoms with Gasteiger partial charge in [-0.25, -0.2) is 0 Å². The number of thioether (sulfide) groups is 1. The maximum Gasteiger partial charge on any atom is 0.220 e. The molecule has 0 radical (unpaired) electrons. The first-order valence-corrected chi connectivity index (χ1v) is 6.46. The van der Waals surface area contributed by atoms with E-state index < -0.39 is 0 Å². The zero-order valence-electron chi connectivity index (χ0n) is 9.38. The predicted octanol–water partition coefficient (Wildman–Crippen LogP) is 1.23.